The van der Waals surface area contributed by atoms with Crippen LogP contribution >= 0.6 is 11.3 Å². The topological polar surface area (TPSA) is 48.1 Å². The van der Waals surface area contributed by atoms with E-state index < -0.39 is 11.7 Å². The molecule has 2 N–H and O–H groups in total. The van der Waals surface area contributed by atoms with E-state index in [-0.39, 0.29) is 17.9 Å². The molecule has 2 rings (SSSR count). The van der Waals surface area contributed by atoms with Crippen molar-refractivity contribution >= 4 is 11.3 Å². The predicted octanol–water partition coefficient (Wildman–Crippen LogP) is 3.55. The van der Waals surface area contributed by atoms with Crippen LogP contribution in [0.5, 0.6) is 5.75 Å². The van der Waals surface area contributed by atoms with E-state index in [2.05, 4.69) is 4.98 Å². The van der Waals surface area contributed by atoms with Crippen molar-refractivity contribution in [3.8, 4) is 5.75 Å². The second kappa shape index (κ2) is 6.44. The molecule has 0 radical (unpaired) electrons. The van der Waals surface area contributed by atoms with Crippen LogP contribution < -0.4 is 10.5 Å². The molecule has 1 heterocycles. The molecule has 0 unspecified atom stereocenters. The van der Waals surface area contributed by atoms with Gasteiger partial charge in [-0.05, 0) is 24.6 Å². The Morgan fingerprint density at radius 2 is 2.10 bits per heavy atom. The Balaban J connectivity index is 2.05. The molecule has 114 valence electrons. The second-order valence-electron chi connectivity index (χ2n) is 4.48. The first-order valence-corrected chi connectivity index (χ1v) is 7.21. The lowest BCUT2D eigenvalue weighted by Crippen LogP contribution is -2.12. The van der Waals surface area contributed by atoms with Crippen LogP contribution in [-0.4, -0.2) is 11.6 Å². The number of benzene rings is 1. The van der Waals surface area contributed by atoms with E-state index in [0.29, 0.717) is 13.0 Å². The average molecular weight is 316 g/mol. The lowest BCUT2D eigenvalue weighted by molar-refractivity contribution is -0.138. The number of nitrogens with zero attached hydrogens (tertiary/aromatic N) is 1. The molecule has 0 amide bonds. The van der Waals surface area contributed by atoms with Gasteiger partial charge in [-0.3, -0.25) is 0 Å². The Bertz CT molecular complexity index is 611. The van der Waals surface area contributed by atoms with E-state index >= 15 is 0 Å². The van der Waals surface area contributed by atoms with Gasteiger partial charge in [0.2, 0.25) is 0 Å². The minimum Gasteiger partial charge on any atom is -0.493 e. The van der Waals surface area contributed by atoms with Crippen molar-refractivity contribution in [3.05, 3.63) is 45.4 Å². The summed E-state index contributed by atoms with van der Waals surface area (Å²) in [4.78, 5) is 5.19. The molecule has 21 heavy (non-hydrogen) atoms. The highest BCUT2D eigenvalue weighted by atomic mass is 32.1. The van der Waals surface area contributed by atoms with Gasteiger partial charge in [0, 0.05) is 17.8 Å². The number of aryl methyl sites for hydroxylation is 1. The maximum Gasteiger partial charge on any atom is 0.416 e. The molecule has 3 nitrogen and oxygen atoms in total. The molecular weight excluding hydrogens is 301 g/mol. The van der Waals surface area contributed by atoms with Gasteiger partial charge in [0.1, 0.15) is 5.75 Å². The molecule has 0 saturated heterocycles. The number of hydrogen-bond donors (Lipinski definition) is 1. The van der Waals surface area contributed by atoms with E-state index in [0.717, 1.165) is 16.6 Å². The molecule has 1 aromatic heterocycles. The summed E-state index contributed by atoms with van der Waals surface area (Å²) in [5, 5.41) is 0. The standard InChI is InChI=1S/C14H15F3N2OS/c1-9-13(21-8-19-9)4-5-20-11-3-2-10(7-18)12(6-11)14(15,16)17/h2-3,6,8H,4-5,7,18H2,1H3. The van der Waals surface area contributed by atoms with Gasteiger partial charge in [-0.15, -0.1) is 11.3 Å². The summed E-state index contributed by atoms with van der Waals surface area (Å²) >= 11 is 1.51. The van der Waals surface area contributed by atoms with E-state index in [1.54, 1.807) is 5.51 Å². The Labute approximate surface area is 124 Å². The molecule has 0 atom stereocenters. The summed E-state index contributed by atoms with van der Waals surface area (Å²) in [5.41, 5.74) is 7.32. The van der Waals surface area contributed by atoms with E-state index in [9.17, 15) is 13.2 Å². The number of aromatic nitrogens is 1. The van der Waals surface area contributed by atoms with Gasteiger partial charge in [0.25, 0.3) is 0 Å². The third-order valence-electron chi connectivity index (χ3n) is 3.05. The summed E-state index contributed by atoms with van der Waals surface area (Å²) in [5.74, 6) is 0.196. The number of nitrogens with two attached hydrogens (primary N) is 1. The maximum atomic E-state index is 12.9. The van der Waals surface area contributed by atoms with Crippen LogP contribution in [0.15, 0.2) is 23.7 Å². The van der Waals surface area contributed by atoms with Crippen molar-refractivity contribution in [2.24, 2.45) is 5.73 Å². The molecule has 1 aromatic carbocycles. The van der Waals surface area contributed by atoms with Crippen molar-refractivity contribution in [1.82, 2.24) is 4.98 Å². The average Bonchev–Trinajstić information content (AvgIpc) is 2.83. The number of alkyl halides is 3. The van der Waals surface area contributed by atoms with Crippen molar-refractivity contribution in [2.75, 3.05) is 6.61 Å². The van der Waals surface area contributed by atoms with Gasteiger partial charge in [-0.2, -0.15) is 13.2 Å². The van der Waals surface area contributed by atoms with Crippen molar-refractivity contribution in [3.63, 3.8) is 0 Å². The van der Waals surface area contributed by atoms with Crippen LogP contribution in [0.2, 0.25) is 0 Å². The van der Waals surface area contributed by atoms with E-state index in [1.165, 1.54) is 23.5 Å². The fourth-order valence-corrected chi connectivity index (χ4v) is 2.68. The number of rotatable bonds is 5. The van der Waals surface area contributed by atoms with Gasteiger partial charge in [-0.1, -0.05) is 6.07 Å². The monoisotopic (exact) mass is 316 g/mol. The number of thiazole rings is 1. The zero-order valence-electron chi connectivity index (χ0n) is 11.4. The van der Waals surface area contributed by atoms with Crippen LogP contribution in [0.1, 0.15) is 21.7 Å². The Morgan fingerprint density at radius 3 is 2.67 bits per heavy atom. The highest BCUT2D eigenvalue weighted by Gasteiger charge is 2.33. The summed E-state index contributed by atoms with van der Waals surface area (Å²) in [6.45, 7) is 2.04. The number of ether oxygens (including phenoxy) is 1. The summed E-state index contributed by atoms with van der Waals surface area (Å²) in [7, 11) is 0. The van der Waals surface area contributed by atoms with E-state index in [1.807, 2.05) is 6.92 Å². The van der Waals surface area contributed by atoms with Crippen molar-refractivity contribution in [1.29, 1.82) is 0 Å². The molecule has 0 spiro atoms. The Kier molecular flexibility index (Phi) is 4.84. The van der Waals surface area contributed by atoms with Crippen LogP contribution in [0.25, 0.3) is 0 Å². The van der Waals surface area contributed by atoms with Gasteiger partial charge in [-0.25, -0.2) is 4.98 Å². The smallest absolute Gasteiger partial charge is 0.416 e. The molecule has 0 aliphatic heterocycles. The third kappa shape index (κ3) is 3.95. The van der Waals surface area contributed by atoms with E-state index in [4.69, 9.17) is 10.5 Å². The molecule has 0 aliphatic carbocycles. The lowest BCUT2D eigenvalue weighted by atomic mass is 10.1. The fourth-order valence-electron chi connectivity index (χ4n) is 1.91. The molecule has 0 aliphatic rings. The fraction of sp³-hybridized carbons (Fsp3) is 0.357. The minimum absolute atomic E-state index is 0.0631. The van der Waals surface area contributed by atoms with Crippen LogP contribution in [0.3, 0.4) is 0 Å². The van der Waals surface area contributed by atoms with Gasteiger partial charge < -0.3 is 10.5 Å². The predicted molar refractivity (Wildman–Crippen MR) is 75.4 cm³/mol. The van der Waals surface area contributed by atoms with Crippen molar-refractivity contribution < 1.29 is 17.9 Å². The molecular formula is C14H15F3N2OS. The first-order valence-electron chi connectivity index (χ1n) is 6.33. The Morgan fingerprint density at radius 1 is 1.33 bits per heavy atom. The van der Waals surface area contributed by atoms with Gasteiger partial charge in [0.05, 0.1) is 23.4 Å². The highest BCUT2D eigenvalue weighted by molar-refractivity contribution is 7.09. The number of halogens is 3. The van der Waals surface area contributed by atoms with Gasteiger partial charge in [0.15, 0.2) is 0 Å². The molecule has 7 heteroatoms. The summed E-state index contributed by atoms with van der Waals surface area (Å²) in [6, 6.07) is 3.87. The van der Waals surface area contributed by atoms with Crippen molar-refractivity contribution in [2.45, 2.75) is 26.1 Å². The third-order valence-corrected chi connectivity index (χ3v) is 4.04. The quantitative estimate of drug-likeness (QED) is 0.917. The zero-order valence-corrected chi connectivity index (χ0v) is 12.2. The van der Waals surface area contributed by atoms with Crippen LogP contribution in [0.4, 0.5) is 13.2 Å². The SMILES string of the molecule is Cc1ncsc1CCOc1ccc(CN)c(C(F)(F)F)c1. The zero-order chi connectivity index (χ0) is 15.5. The lowest BCUT2D eigenvalue weighted by Gasteiger charge is -2.14. The molecule has 0 fully saturated rings. The van der Waals surface area contributed by atoms with Gasteiger partial charge >= 0.3 is 6.18 Å². The Hall–Kier alpha value is -1.60. The van der Waals surface area contributed by atoms with Crippen LogP contribution in [0, 0.1) is 6.92 Å². The normalized spacial score (nSPS) is 11.7. The summed E-state index contributed by atoms with van der Waals surface area (Å²) in [6.07, 6.45) is -3.81. The molecule has 0 bridgehead atoms. The molecule has 0 saturated carbocycles. The first-order chi connectivity index (χ1) is 9.91. The summed E-state index contributed by atoms with van der Waals surface area (Å²) < 4.78 is 44.1. The first kappa shape index (κ1) is 15.8. The van der Waals surface area contributed by atoms with Crippen LogP contribution in [-0.2, 0) is 19.1 Å². The largest absolute Gasteiger partial charge is 0.493 e. The second-order valence-corrected chi connectivity index (χ2v) is 5.42. The molecule has 2 aromatic rings. The maximum absolute atomic E-state index is 12.9. The minimum atomic E-state index is -4.43. The number of hydrogen-bond acceptors (Lipinski definition) is 4. The highest BCUT2D eigenvalue weighted by Crippen LogP contribution is 2.34.